The molecule has 0 fully saturated rings. The van der Waals surface area contributed by atoms with E-state index in [1.807, 2.05) is 36.4 Å². The van der Waals surface area contributed by atoms with Crippen molar-refractivity contribution in [2.24, 2.45) is 0 Å². The van der Waals surface area contributed by atoms with Gasteiger partial charge in [0.25, 0.3) is 0 Å². The van der Waals surface area contributed by atoms with E-state index in [1.165, 1.54) is 7.11 Å². The lowest BCUT2D eigenvalue weighted by atomic mass is 10.4. The molecule has 0 atom stereocenters. The second-order valence-corrected chi connectivity index (χ2v) is 2.39. The van der Waals surface area contributed by atoms with Gasteiger partial charge in [-0.25, -0.2) is 4.79 Å². The lowest BCUT2D eigenvalue weighted by Crippen LogP contribution is -2.10. The molecule has 0 aromatic heterocycles. The minimum Gasteiger partial charge on any atom is -0.464 e. The molecule has 0 saturated carbocycles. The zero-order valence-electron chi connectivity index (χ0n) is 8.60. The van der Waals surface area contributed by atoms with Crippen LogP contribution in [0.1, 0.15) is 6.92 Å². The Morgan fingerprint density at radius 2 is 1.50 bits per heavy atom. The molecule has 78 valence electrons. The van der Waals surface area contributed by atoms with Gasteiger partial charge in [0.15, 0.2) is 0 Å². The second kappa shape index (κ2) is 9.74. The number of carbonyl (C=O) groups excluding carboxylic acids is 1. The zero-order valence-corrected chi connectivity index (χ0v) is 8.60. The molecule has 3 heteroatoms. The van der Waals surface area contributed by atoms with Crippen LogP contribution < -0.4 is 0 Å². The van der Waals surface area contributed by atoms with Gasteiger partial charge in [0.1, 0.15) is 6.61 Å². The van der Waals surface area contributed by atoms with Gasteiger partial charge in [-0.3, -0.25) is 0 Å². The Bertz CT molecular complexity index is 187. The Morgan fingerprint density at radius 3 is 1.79 bits per heavy atom. The van der Waals surface area contributed by atoms with Crippen LogP contribution in [0.15, 0.2) is 36.4 Å². The van der Waals surface area contributed by atoms with Crippen LogP contribution in [0.2, 0.25) is 0 Å². The highest BCUT2D eigenvalue weighted by molar-refractivity contribution is 5.70. The van der Waals surface area contributed by atoms with E-state index in [2.05, 4.69) is 9.47 Å². The highest BCUT2D eigenvalue weighted by atomic mass is 16.6. The second-order valence-electron chi connectivity index (χ2n) is 2.39. The molecule has 0 N–H and O–H groups in total. The summed E-state index contributed by atoms with van der Waals surface area (Å²) < 4.78 is 9.00. The molecule has 0 bridgehead atoms. The average Bonchev–Trinajstić information content (AvgIpc) is 2.22. The SMILES string of the molecule is CCOC(=O)COC.c1ccccc1. The van der Waals surface area contributed by atoms with Gasteiger partial charge >= 0.3 is 5.97 Å². The monoisotopic (exact) mass is 196 g/mol. The number of hydrogen-bond donors (Lipinski definition) is 0. The first-order valence-electron chi connectivity index (χ1n) is 4.45. The van der Waals surface area contributed by atoms with Crippen molar-refractivity contribution in [3.8, 4) is 0 Å². The summed E-state index contributed by atoms with van der Waals surface area (Å²) in [5.74, 6) is -0.310. The first kappa shape index (κ1) is 12.7. The quantitative estimate of drug-likeness (QED) is 0.692. The van der Waals surface area contributed by atoms with Gasteiger partial charge in [-0.15, -0.1) is 0 Å². The fourth-order valence-electron chi connectivity index (χ4n) is 0.705. The first-order valence-corrected chi connectivity index (χ1v) is 4.45. The van der Waals surface area contributed by atoms with Crippen LogP contribution in [0.4, 0.5) is 0 Å². The summed E-state index contributed by atoms with van der Waals surface area (Å²) in [6, 6.07) is 12.0. The fourth-order valence-corrected chi connectivity index (χ4v) is 0.705. The predicted octanol–water partition coefficient (Wildman–Crippen LogP) is 1.88. The summed E-state index contributed by atoms with van der Waals surface area (Å²) >= 11 is 0. The van der Waals surface area contributed by atoms with Gasteiger partial charge in [0.2, 0.25) is 0 Å². The minimum atomic E-state index is -0.310. The topological polar surface area (TPSA) is 35.5 Å². The Balaban J connectivity index is 0.000000249. The molecule has 3 nitrogen and oxygen atoms in total. The highest BCUT2D eigenvalue weighted by Gasteiger charge is 1.96. The molecule has 14 heavy (non-hydrogen) atoms. The van der Waals surface area contributed by atoms with Crippen molar-refractivity contribution in [2.75, 3.05) is 20.3 Å². The van der Waals surface area contributed by atoms with Crippen LogP contribution in [-0.2, 0) is 14.3 Å². The van der Waals surface area contributed by atoms with E-state index in [1.54, 1.807) is 6.92 Å². The number of rotatable bonds is 3. The number of benzene rings is 1. The third-order valence-electron chi connectivity index (χ3n) is 1.23. The average molecular weight is 196 g/mol. The van der Waals surface area contributed by atoms with Crippen molar-refractivity contribution in [1.29, 1.82) is 0 Å². The molecule has 0 unspecified atom stereocenters. The van der Waals surface area contributed by atoms with Crippen LogP contribution in [0, 0.1) is 0 Å². The number of methoxy groups -OCH3 is 1. The van der Waals surface area contributed by atoms with Gasteiger partial charge in [-0.2, -0.15) is 0 Å². The van der Waals surface area contributed by atoms with Crippen LogP contribution in [0.25, 0.3) is 0 Å². The molecule has 1 aromatic carbocycles. The number of carbonyl (C=O) groups is 1. The predicted molar refractivity (Wildman–Crippen MR) is 55.0 cm³/mol. The lowest BCUT2D eigenvalue weighted by Gasteiger charge is -1.97. The summed E-state index contributed by atoms with van der Waals surface area (Å²) in [7, 11) is 1.46. The third-order valence-corrected chi connectivity index (χ3v) is 1.23. The van der Waals surface area contributed by atoms with E-state index in [9.17, 15) is 4.79 Å². The zero-order chi connectivity index (χ0) is 10.6. The normalized spacial score (nSPS) is 8.43. The molecule has 0 aliphatic carbocycles. The van der Waals surface area contributed by atoms with Gasteiger partial charge in [0, 0.05) is 7.11 Å². The summed E-state index contributed by atoms with van der Waals surface area (Å²) in [5.41, 5.74) is 0. The summed E-state index contributed by atoms with van der Waals surface area (Å²) in [6.07, 6.45) is 0. The number of hydrogen-bond acceptors (Lipinski definition) is 3. The maximum absolute atomic E-state index is 10.3. The molecule has 0 radical (unpaired) electrons. The van der Waals surface area contributed by atoms with Gasteiger partial charge in [0.05, 0.1) is 6.61 Å². The molecular weight excluding hydrogens is 180 g/mol. The van der Waals surface area contributed by atoms with E-state index in [-0.39, 0.29) is 12.6 Å². The Labute approximate surface area is 84.7 Å². The van der Waals surface area contributed by atoms with Crippen molar-refractivity contribution in [1.82, 2.24) is 0 Å². The Kier molecular flexibility index (Phi) is 8.80. The number of ether oxygens (including phenoxy) is 2. The van der Waals surface area contributed by atoms with Crippen molar-refractivity contribution < 1.29 is 14.3 Å². The maximum atomic E-state index is 10.3. The molecule has 0 amide bonds. The summed E-state index contributed by atoms with van der Waals surface area (Å²) in [6.45, 7) is 2.23. The van der Waals surface area contributed by atoms with Gasteiger partial charge < -0.3 is 9.47 Å². The summed E-state index contributed by atoms with van der Waals surface area (Å²) in [5, 5.41) is 0. The van der Waals surface area contributed by atoms with Crippen molar-refractivity contribution in [2.45, 2.75) is 6.92 Å². The Morgan fingerprint density at radius 1 is 1.07 bits per heavy atom. The van der Waals surface area contributed by atoms with Crippen molar-refractivity contribution >= 4 is 5.97 Å². The maximum Gasteiger partial charge on any atom is 0.332 e. The van der Waals surface area contributed by atoms with Crippen molar-refractivity contribution in [3.05, 3.63) is 36.4 Å². The van der Waals surface area contributed by atoms with Gasteiger partial charge in [-0.05, 0) is 6.92 Å². The van der Waals surface area contributed by atoms with Crippen LogP contribution in [0.3, 0.4) is 0 Å². The molecule has 1 aromatic rings. The third kappa shape index (κ3) is 8.74. The molecule has 0 heterocycles. The molecule has 0 aliphatic rings. The van der Waals surface area contributed by atoms with Crippen molar-refractivity contribution in [3.63, 3.8) is 0 Å². The molecular formula is C11H16O3. The number of esters is 1. The lowest BCUT2D eigenvalue weighted by molar-refractivity contribution is -0.147. The van der Waals surface area contributed by atoms with Gasteiger partial charge in [-0.1, -0.05) is 36.4 Å². The smallest absolute Gasteiger partial charge is 0.332 e. The summed E-state index contributed by atoms with van der Waals surface area (Å²) in [4.78, 5) is 10.3. The minimum absolute atomic E-state index is 0.0494. The fraction of sp³-hybridized carbons (Fsp3) is 0.364. The molecule has 0 aliphatic heterocycles. The highest BCUT2D eigenvalue weighted by Crippen LogP contribution is 1.80. The van der Waals surface area contributed by atoms with Crippen LogP contribution >= 0.6 is 0 Å². The van der Waals surface area contributed by atoms with E-state index < -0.39 is 0 Å². The molecule has 0 spiro atoms. The molecule has 0 saturated heterocycles. The van der Waals surface area contributed by atoms with E-state index >= 15 is 0 Å². The first-order chi connectivity index (χ1) is 6.81. The van der Waals surface area contributed by atoms with E-state index in [0.29, 0.717) is 6.61 Å². The van der Waals surface area contributed by atoms with Crippen LogP contribution in [-0.4, -0.2) is 26.3 Å². The molecule has 1 rings (SSSR count). The van der Waals surface area contributed by atoms with E-state index in [4.69, 9.17) is 0 Å². The Hall–Kier alpha value is -1.35. The largest absolute Gasteiger partial charge is 0.464 e. The van der Waals surface area contributed by atoms with E-state index in [0.717, 1.165) is 0 Å². The standard InChI is InChI=1S/C6H6.C5H10O3/c1-2-4-6-5-3-1;1-3-8-5(6)4-7-2/h1-6H;3-4H2,1-2H3. The van der Waals surface area contributed by atoms with Crippen LogP contribution in [0.5, 0.6) is 0 Å².